The Morgan fingerprint density at radius 3 is 2.15 bits per heavy atom. The van der Waals surface area contributed by atoms with Crippen molar-refractivity contribution < 1.29 is 10.2 Å². The van der Waals surface area contributed by atoms with E-state index >= 15 is 0 Å². The molecule has 80 valence electrons. The van der Waals surface area contributed by atoms with Crippen molar-refractivity contribution in [2.24, 2.45) is 0 Å². The molecule has 0 aromatic carbocycles. The van der Waals surface area contributed by atoms with Gasteiger partial charge in [0, 0.05) is 19.3 Å². The summed E-state index contributed by atoms with van der Waals surface area (Å²) >= 11 is 0. The molecule has 0 saturated carbocycles. The van der Waals surface area contributed by atoms with Crippen molar-refractivity contribution in [2.75, 3.05) is 19.8 Å². The predicted molar refractivity (Wildman–Crippen MR) is 54.7 cm³/mol. The molecule has 3 N–H and O–H groups in total. The lowest BCUT2D eigenvalue weighted by Gasteiger charge is -2.16. The van der Waals surface area contributed by atoms with Gasteiger partial charge in [0.1, 0.15) is 0 Å². The third-order valence-corrected chi connectivity index (χ3v) is 2.17. The minimum atomic E-state index is 0.200. The molecule has 0 aliphatic carbocycles. The fourth-order valence-electron chi connectivity index (χ4n) is 1.34. The Balaban J connectivity index is 3.33. The van der Waals surface area contributed by atoms with Crippen LogP contribution in [0.5, 0.6) is 0 Å². The molecular formula is C10H23NO2. The highest BCUT2D eigenvalue weighted by Crippen LogP contribution is 1.98. The topological polar surface area (TPSA) is 52.5 Å². The molecule has 0 amide bonds. The molecule has 0 spiro atoms. The summed E-state index contributed by atoms with van der Waals surface area (Å²) in [6.07, 6.45) is 5.15. The Hall–Kier alpha value is -0.120. The summed E-state index contributed by atoms with van der Waals surface area (Å²) in [5.74, 6) is 0. The minimum absolute atomic E-state index is 0.200. The van der Waals surface area contributed by atoms with Crippen LogP contribution in [-0.2, 0) is 0 Å². The Bertz CT molecular complexity index is 92.9. The molecule has 0 bridgehead atoms. The summed E-state index contributed by atoms with van der Waals surface area (Å²) in [5.41, 5.74) is 0. The fourth-order valence-corrected chi connectivity index (χ4v) is 1.34. The number of aliphatic hydroxyl groups excluding tert-OH is 2. The van der Waals surface area contributed by atoms with Gasteiger partial charge in [-0.15, -0.1) is 0 Å². The van der Waals surface area contributed by atoms with Gasteiger partial charge in [0.2, 0.25) is 0 Å². The van der Waals surface area contributed by atoms with Gasteiger partial charge in [0.25, 0.3) is 0 Å². The van der Waals surface area contributed by atoms with Crippen LogP contribution in [0.4, 0.5) is 0 Å². The number of hydrogen-bond donors (Lipinski definition) is 3. The second-order valence-corrected chi connectivity index (χ2v) is 3.38. The zero-order valence-corrected chi connectivity index (χ0v) is 8.63. The quantitative estimate of drug-likeness (QED) is 0.472. The molecule has 0 aromatic heterocycles. The summed E-state index contributed by atoms with van der Waals surface area (Å²) in [6, 6.07) is 0.284. The Morgan fingerprint density at radius 2 is 1.69 bits per heavy atom. The van der Waals surface area contributed by atoms with E-state index in [1.54, 1.807) is 0 Å². The van der Waals surface area contributed by atoms with Crippen molar-refractivity contribution >= 4 is 0 Å². The smallest absolute Gasteiger partial charge is 0.0445 e. The zero-order valence-electron chi connectivity index (χ0n) is 8.63. The number of hydrogen-bond acceptors (Lipinski definition) is 3. The van der Waals surface area contributed by atoms with E-state index in [1.165, 1.54) is 19.3 Å². The van der Waals surface area contributed by atoms with Gasteiger partial charge in [-0.3, -0.25) is 0 Å². The molecule has 0 rings (SSSR count). The van der Waals surface area contributed by atoms with Crippen LogP contribution in [-0.4, -0.2) is 36.0 Å². The molecule has 3 nitrogen and oxygen atoms in total. The first-order chi connectivity index (χ1) is 6.35. The normalized spacial score (nSPS) is 11.1. The maximum atomic E-state index is 8.74. The van der Waals surface area contributed by atoms with Gasteiger partial charge < -0.3 is 15.5 Å². The van der Waals surface area contributed by atoms with E-state index in [2.05, 4.69) is 12.2 Å². The van der Waals surface area contributed by atoms with Crippen LogP contribution in [0.1, 0.15) is 39.0 Å². The lowest BCUT2D eigenvalue weighted by Crippen LogP contribution is -2.31. The molecule has 0 heterocycles. The predicted octanol–water partition coefficient (Wildman–Crippen LogP) is 0.900. The fraction of sp³-hybridized carbons (Fsp3) is 1.00. The highest BCUT2D eigenvalue weighted by Gasteiger charge is 2.05. The Morgan fingerprint density at radius 1 is 1.08 bits per heavy atom. The number of unbranched alkanes of at least 4 members (excludes halogenated alkanes) is 2. The van der Waals surface area contributed by atoms with Crippen LogP contribution in [0.25, 0.3) is 0 Å². The van der Waals surface area contributed by atoms with Crippen molar-refractivity contribution in [3.05, 3.63) is 0 Å². The van der Waals surface area contributed by atoms with E-state index in [0.29, 0.717) is 0 Å². The van der Waals surface area contributed by atoms with Crippen LogP contribution in [0, 0.1) is 0 Å². The van der Waals surface area contributed by atoms with Crippen molar-refractivity contribution in [1.82, 2.24) is 5.32 Å². The van der Waals surface area contributed by atoms with Crippen LogP contribution in [0.3, 0.4) is 0 Å². The maximum absolute atomic E-state index is 8.74. The molecule has 0 radical (unpaired) electrons. The van der Waals surface area contributed by atoms with E-state index in [-0.39, 0.29) is 19.3 Å². The summed E-state index contributed by atoms with van der Waals surface area (Å²) in [4.78, 5) is 0. The Kier molecular flexibility index (Phi) is 9.87. The van der Waals surface area contributed by atoms with Gasteiger partial charge in [0.15, 0.2) is 0 Å². The maximum Gasteiger partial charge on any atom is 0.0445 e. The largest absolute Gasteiger partial charge is 0.396 e. The van der Waals surface area contributed by atoms with Gasteiger partial charge in [0.05, 0.1) is 0 Å². The van der Waals surface area contributed by atoms with E-state index in [9.17, 15) is 0 Å². The van der Waals surface area contributed by atoms with Gasteiger partial charge in [-0.1, -0.05) is 19.8 Å². The number of nitrogens with one attached hydrogen (secondary N) is 1. The highest BCUT2D eigenvalue weighted by molar-refractivity contribution is 4.65. The molecule has 0 atom stereocenters. The number of aliphatic hydroxyl groups is 2. The molecule has 0 unspecified atom stereocenters. The van der Waals surface area contributed by atoms with Crippen LogP contribution >= 0.6 is 0 Å². The Labute approximate surface area is 81.2 Å². The van der Waals surface area contributed by atoms with Crippen molar-refractivity contribution in [1.29, 1.82) is 0 Å². The van der Waals surface area contributed by atoms with Gasteiger partial charge in [-0.2, -0.15) is 0 Å². The standard InChI is InChI=1S/C10H23NO2/c1-2-3-4-7-11-10(5-8-12)6-9-13/h10-13H,2-9H2,1H3. The van der Waals surface area contributed by atoms with E-state index in [1.807, 2.05) is 0 Å². The summed E-state index contributed by atoms with van der Waals surface area (Å²) in [6.45, 7) is 3.58. The molecular weight excluding hydrogens is 166 g/mol. The van der Waals surface area contributed by atoms with E-state index in [0.717, 1.165) is 19.4 Å². The molecule has 3 heteroatoms. The lowest BCUT2D eigenvalue weighted by atomic mass is 10.1. The monoisotopic (exact) mass is 189 g/mol. The second kappa shape index (κ2) is 9.96. The van der Waals surface area contributed by atoms with Crippen LogP contribution in [0.15, 0.2) is 0 Å². The third kappa shape index (κ3) is 8.22. The van der Waals surface area contributed by atoms with Gasteiger partial charge >= 0.3 is 0 Å². The first kappa shape index (κ1) is 12.9. The van der Waals surface area contributed by atoms with Gasteiger partial charge in [-0.05, 0) is 25.8 Å². The lowest BCUT2D eigenvalue weighted by molar-refractivity contribution is 0.227. The second-order valence-electron chi connectivity index (χ2n) is 3.38. The SMILES string of the molecule is CCCCCNC(CCO)CCO. The summed E-state index contributed by atoms with van der Waals surface area (Å²) in [7, 11) is 0. The molecule has 0 aliphatic rings. The minimum Gasteiger partial charge on any atom is -0.396 e. The van der Waals surface area contributed by atoms with Crippen molar-refractivity contribution in [3.63, 3.8) is 0 Å². The van der Waals surface area contributed by atoms with Crippen molar-refractivity contribution in [2.45, 2.75) is 45.1 Å². The van der Waals surface area contributed by atoms with E-state index < -0.39 is 0 Å². The molecule has 0 fully saturated rings. The first-order valence-corrected chi connectivity index (χ1v) is 5.30. The first-order valence-electron chi connectivity index (χ1n) is 5.30. The molecule has 0 saturated heterocycles. The zero-order chi connectivity index (χ0) is 9.94. The van der Waals surface area contributed by atoms with Gasteiger partial charge in [-0.25, -0.2) is 0 Å². The summed E-state index contributed by atoms with van der Waals surface area (Å²) < 4.78 is 0. The van der Waals surface area contributed by atoms with E-state index in [4.69, 9.17) is 10.2 Å². The molecule has 13 heavy (non-hydrogen) atoms. The van der Waals surface area contributed by atoms with Crippen LogP contribution < -0.4 is 5.32 Å². The molecule has 0 aromatic rings. The third-order valence-electron chi connectivity index (χ3n) is 2.17. The molecule has 0 aliphatic heterocycles. The summed E-state index contributed by atoms with van der Waals surface area (Å²) in [5, 5.41) is 20.8. The highest BCUT2D eigenvalue weighted by atomic mass is 16.3. The average Bonchev–Trinajstić information content (AvgIpc) is 2.13. The van der Waals surface area contributed by atoms with Crippen molar-refractivity contribution in [3.8, 4) is 0 Å². The number of rotatable bonds is 9. The average molecular weight is 189 g/mol. The van der Waals surface area contributed by atoms with Crippen LogP contribution in [0.2, 0.25) is 0 Å².